The fourth-order valence-corrected chi connectivity index (χ4v) is 2.97. The summed E-state index contributed by atoms with van der Waals surface area (Å²) in [6, 6.07) is 3.63. The van der Waals surface area contributed by atoms with Gasteiger partial charge in [-0.1, -0.05) is 11.3 Å². The maximum atomic E-state index is 11.9. The van der Waals surface area contributed by atoms with Crippen molar-refractivity contribution >= 4 is 44.4 Å². The van der Waals surface area contributed by atoms with Gasteiger partial charge < -0.3 is 4.74 Å². The molecule has 2 heterocycles. The Morgan fingerprint density at radius 2 is 2.33 bits per heavy atom. The van der Waals surface area contributed by atoms with Crippen LogP contribution in [-0.2, 0) is 0 Å². The Hall–Kier alpha value is -0.720. The Kier molecular flexibility index (Phi) is 3.18. The first kappa shape index (κ1) is 10.8. The molecule has 0 atom stereocenters. The van der Waals surface area contributed by atoms with Crippen molar-refractivity contribution in [2.24, 2.45) is 0 Å². The second kappa shape index (κ2) is 4.42. The van der Waals surface area contributed by atoms with Crippen molar-refractivity contribution in [3.63, 3.8) is 0 Å². The van der Waals surface area contributed by atoms with Crippen molar-refractivity contribution in [3.8, 4) is 5.19 Å². The molecular weight excluding hydrogens is 298 g/mol. The van der Waals surface area contributed by atoms with Crippen LogP contribution >= 0.6 is 38.6 Å². The average Bonchev–Trinajstić information content (AvgIpc) is 2.84. The van der Waals surface area contributed by atoms with E-state index >= 15 is 0 Å². The number of carbonyl (C=O) groups excluding carboxylic acids is 1. The lowest BCUT2D eigenvalue weighted by Gasteiger charge is -1.91. The van der Waals surface area contributed by atoms with E-state index in [-0.39, 0.29) is 5.78 Å². The summed E-state index contributed by atoms with van der Waals surface area (Å²) in [5, 5.41) is 2.21. The second-order valence-electron chi connectivity index (χ2n) is 2.64. The number of ether oxygens (including phenoxy) is 1. The first-order valence-corrected chi connectivity index (χ1v) is 6.49. The zero-order valence-electron chi connectivity index (χ0n) is 7.69. The van der Waals surface area contributed by atoms with Gasteiger partial charge in [0.1, 0.15) is 5.69 Å². The molecule has 3 nitrogen and oxygen atoms in total. The Balaban J connectivity index is 2.28. The molecule has 15 heavy (non-hydrogen) atoms. The fraction of sp³-hybridized carbons (Fsp3) is 0.111. The van der Waals surface area contributed by atoms with Gasteiger partial charge in [-0.05, 0) is 28.1 Å². The molecule has 0 radical (unpaired) electrons. The topological polar surface area (TPSA) is 39.2 Å². The Morgan fingerprint density at radius 3 is 2.87 bits per heavy atom. The van der Waals surface area contributed by atoms with Gasteiger partial charge in [0.15, 0.2) is 0 Å². The van der Waals surface area contributed by atoms with Gasteiger partial charge in [0.2, 0.25) is 5.78 Å². The zero-order valence-corrected chi connectivity index (χ0v) is 10.9. The first-order chi connectivity index (χ1) is 7.20. The maximum absolute atomic E-state index is 11.9. The van der Waals surface area contributed by atoms with E-state index in [4.69, 9.17) is 4.74 Å². The van der Waals surface area contributed by atoms with E-state index in [0.717, 1.165) is 3.79 Å². The van der Waals surface area contributed by atoms with Gasteiger partial charge in [0.25, 0.3) is 5.19 Å². The number of rotatable bonds is 3. The van der Waals surface area contributed by atoms with Crippen molar-refractivity contribution in [2.45, 2.75) is 0 Å². The number of hydrogen-bond acceptors (Lipinski definition) is 5. The molecule has 0 unspecified atom stereocenters. The molecule has 0 spiro atoms. The summed E-state index contributed by atoms with van der Waals surface area (Å²) in [7, 11) is 1.54. The van der Waals surface area contributed by atoms with Crippen LogP contribution in [0.25, 0.3) is 0 Å². The van der Waals surface area contributed by atoms with E-state index in [0.29, 0.717) is 15.8 Å². The van der Waals surface area contributed by atoms with Crippen LogP contribution in [0, 0.1) is 0 Å². The summed E-state index contributed by atoms with van der Waals surface area (Å²) in [5.74, 6) is -0.0646. The third-order valence-electron chi connectivity index (χ3n) is 1.69. The number of thiophene rings is 1. The third-order valence-corrected chi connectivity index (χ3v) is 4.11. The molecule has 78 valence electrons. The summed E-state index contributed by atoms with van der Waals surface area (Å²) in [4.78, 5) is 16.6. The molecule has 0 amide bonds. The van der Waals surface area contributed by atoms with Crippen molar-refractivity contribution in [1.29, 1.82) is 0 Å². The summed E-state index contributed by atoms with van der Waals surface area (Å²) < 4.78 is 5.87. The van der Waals surface area contributed by atoms with Gasteiger partial charge in [-0.3, -0.25) is 4.79 Å². The number of hydrogen-bond donors (Lipinski definition) is 0. The standard InChI is InChI=1S/C9H6BrNO2S2/c1-13-9-11-5(4-14-9)8(12)6-2-3-7(10)15-6/h2-4H,1H3. The van der Waals surface area contributed by atoms with E-state index in [1.165, 1.54) is 29.8 Å². The smallest absolute Gasteiger partial charge is 0.273 e. The Bertz CT molecular complexity index is 492. The van der Waals surface area contributed by atoms with Crippen LogP contribution in [0.4, 0.5) is 0 Å². The predicted molar refractivity (Wildman–Crippen MR) is 64.1 cm³/mol. The second-order valence-corrected chi connectivity index (χ2v) is 5.92. The van der Waals surface area contributed by atoms with Crippen molar-refractivity contribution in [1.82, 2.24) is 4.98 Å². The average molecular weight is 304 g/mol. The SMILES string of the molecule is COc1nc(C(=O)c2ccc(Br)s2)cs1. The minimum Gasteiger partial charge on any atom is -0.473 e. The van der Waals surface area contributed by atoms with E-state index < -0.39 is 0 Å². The normalized spacial score (nSPS) is 10.3. The summed E-state index contributed by atoms with van der Waals surface area (Å²) >= 11 is 6.03. The first-order valence-electron chi connectivity index (χ1n) is 4.00. The molecule has 0 saturated carbocycles. The minimum absolute atomic E-state index is 0.0646. The number of thiazole rings is 1. The van der Waals surface area contributed by atoms with Gasteiger partial charge in [-0.2, -0.15) is 4.98 Å². The molecular formula is C9H6BrNO2S2. The van der Waals surface area contributed by atoms with Crippen molar-refractivity contribution < 1.29 is 9.53 Å². The van der Waals surface area contributed by atoms with Crippen LogP contribution < -0.4 is 4.74 Å². The van der Waals surface area contributed by atoms with Gasteiger partial charge >= 0.3 is 0 Å². The molecule has 0 aliphatic carbocycles. The monoisotopic (exact) mass is 303 g/mol. The van der Waals surface area contributed by atoms with Gasteiger partial charge in [-0.15, -0.1) is 11.3 Å². The molecule has 6 heteroatoms. The molecule has 0 aliphatic heterocycles. The lowest BCUT2D eigenvalue weighted by Crippen LogP contribution is -1.98. The van der Waals surface area contributed by atoms with Crippen LogP contribution in [-0.4, -0.2) is 17.9 Å². The summed E-state index contributed by atoms with van der Waals surface area (Å²) in [6.07, 6.45) is 0. The number of aromatic nitrogens is 1. The Labute approximate surface area is 103 Å². The van der Waals surface area contributed by atoms with Crippen LogP contribution in [0.3, 0.4) is 0 Å². The summed E-state index contributed by atoms with van der Waals surface area (Å²) in [6.45, 7) is 0. The number of methoxy groups -OCH3 is 1. The van der Waals surface area contributed by atoms with E-state index in [2.05, 4.69) is 20.9 Å². The third kappa shape index (κ3) is 2.27. The van der Waals surface area contributed by atoms with E-state index in [1.54, 1.807) is 11.4 Å². The van der Waals surface area contributed by atoms with E-state index in [9.17, 15) is 4.79 Å². The van der Waals surface area contributed by atoms with Gasteiger partial charge in [0.05, 0.1) is 15.8 Å². The number of carbonyl (C=O) groups is 1. The van der Waals surface area contributed by atoms with Crippen LogP contribution in [0.2, 0.25) is 0 Å². The molecule has 0 aliphatic rings. The zero-order chi connectivity index (χ0) is 10.8. The number of halogens is 1. The molecule has 0 aromatic carbocycles. The summed E-state index contributed by atoms with van der Waals surface area (Å²) in [5.41, 5.74) is 0.436. The van der Waals surface area contributed by atoms with Crippen molar-refractivity contribution in [2.75, 3.05) is 7.11 Å². The maximum Gasteiger partial charge on any atom is 0.273 e. The molecule has 2 aromatic heterocycles. The molecule has 2 rings (SSSR count). The highest BCUT2D eigenvalue weighted by Crippen LogP contribution is 2.26. The quantitative estimate of drug-likeness (QED) is 0.817. The number of nitrogens with zero attached hydrogens (tertiary/aromatic N) is 1. The molecule has 2 aromatic rings. The van der Waals surface area contributed by atoms with E-state index in [1.807, 2.05) is 6.07 Å². The molecule has 0 fully saturated rings. The minimum atomic E-state index is -0.0646. The van der Waals surface area contributed by atoms with Crippen molar-refractivity contribution in [3.05, 3.63) is 31.9 Å². The molecule has 0 saturated heterocycles. The molecule has 0 N–H and O–H groups in total. The van der Waals surface area contributed by atoms with Crippen LogP contribution in [0.5, 0.6) is 5.19 Å². The highest BCUT2D eigenvalue weighted by Gasteiger charge is 2.15. The largest absolute Gasteiger partial charge is 0.473 e. The van der Waals surface area contributed by atoms with Crippen LogP contribution in [0.1, 0.15) is 15.4 Å². The van der Waals surface area contributed by atoms with Gasteiger partial charge in [0, 0.05) is 5.38 Å². The fourth-order valence-electron chi connectivity index (χ4n) is 1.02. The predicted octanol–water partition coefficient (Wildman–Crippen LogP) is 3.21. The highest BCUT2D eigenvalue weighted by atomic mass is 79.9. The van der Waals surface area contributed by atoms with Crippen LogP contribution in [0.15, 0.2) is 21.3 Å². The lowest BCUT2D eigenvalue weighted by atomic mass is 10.3. The number of ketones is 1. The Morgan fingerprint density at radius 1 is 1.53 bits per heavy atom. The lowest BCUT2D eigenvalue weighted by molar-refractivity contribution is 0.103. The highest BCUT2D eigenvalue weighted by molar-refractivity contribution is 9.11. The van der Waals surface area contributed by atoms with Gasteiger partial charge in [-0.25, -0.2) is 0 Å². The molecule has 0 bridgehead atoms.